The van der Waals surface area contributed by atoms with Gasteiger partial charge in [0.25, 0.3) is 5.89 Å². The second-order valence-corrected chi connectivity index (χ2v) is 5.88. The molecule has 0 spiro atoms. The molecule has 0 unspecified atom stereocenters. The minimum absolute atomic E-state index is 0.130. The number of esters is 1. The van der Waals surface area contributed by atoms with E-state index in [2.05, 4.69) is 27.0 Å². The Bertz CT molecular complexity index is 888. The van der Waals surface area contributed by atoms with E-state index in [9.17, 15) is 4.79 Å². The number of hydrogen-bond donors (Lipinski definition) is 1. The van der Waals surface area contributed by atoms with Crippen molar-refractivity contribution in [2.75, 3.05) is 19.0 Å². The number of nitrogens with one attached hydrogen (secondary N) is 1. The van der Waals surface area contributed by atoms with Gasteiger partial charge in [-0.2, -0.15) is 4.98 Å². The predicted molar refractivity (Wildman–Crippen MR) is 96.2 cm³/mol. The number of methoxy groups -OCH3 is 1. The number of hydrogen-bond acceptors (Lipinski definition) is 9. The van der Waals surface area contributed by atoms with Gasteiger partial charge in [-0.25, -0.2) is 9.78 Å². The van der Waals surface area contributed by atoms with Crippen LogP contribution in [0.25, 0.3) is 11.4 Å². The van der Waals surface area contributed by atoms with E-state index in [1.54, 1.807) is 30.7 Å². The summed E-state index contributed by atoms with van der Waals surface area (Å²) >= 11 is 1.31. The van der Waals surface area contributed by atoms with Crippen molar-refractivity contribution in [3.05, 3.63) is 53.9 Å². The quantitative estimate of drug-likeness (QED) is 0.475. The number of aromatic nitrogens is 3. The molecule has 2 heterocycles. The normalized spacial score (nSPS) is 10.3. The lowest BCUT2D eigenvalue weighted by molar-refractivity contribution is 0.0424. The van der Waals surface area contributed by atoms with Crippen LogP contribution >= 0.6 is 11.3 Å². The maximum atomic E-state index is 12.0. The van der Waals surface area contributed by atoms with Crippen LogP contribution in [0.2, 0.25) is 0 Å². The Hall–Kier alpha value is -3.20. The van der Waals surface area contributed by atoms with Crippen molar-refractivity contribution in [2.45, 2.75) is 6.61 Å². The summed E-state index contributed by atoms with van der Waals surface area (Å²) in [5.41, 5.74) is 0.987. The maximum absolute atomic E-state index is 12.0. The van der Waals surface area contributed by atoms with Gasteiger partial charge >= 0.3 is 5.97 Å². The fraction of sp³-hybridized carbons (Fsp3) is 0.176. The number of benzene rings is 1. The largest absolute Gasteiger partial charge is 0.497 e. The smallest absolute Gasteiger partial charge is 0.358 e. The molecule has 0 aliphatic rings. The summed E-state index contributed by atoms with van der Waals surface area (Å²) in [6.07, 6.45) is 1.70. The summed E-state index contributed by atoms with van der Waals surface area (Å²) in [4.78, 5) is 20.4. The highest BCUT2D eigenvalue weighted by atomic mass is 32.1. The molecule has 3 rings (SSSR count). The standard InChI is InChI=1S/C17H16N4O4S/c1-3-8-18-17-19-13(10-26-17)16(22)24-9-14-20-15(21-25-14)11-4-6-12(23-2)7-5-11/h3-7,10H,1,8-9H2,2H3,(H,18,19). The van der Waals surface area contributed by atoms with Crippen molar-refractivity contribution >= 4 is 22.4 Å². The van der Waals surface area contributed by atoms with Gasteiger partial charge in [-0.15, -0.1) is 17.9 Å². The Labute approximate surface area is 153 Å². The third-order valence-electron chi connectivity index (χ3n) is 3.25. The lowest BCUT2D eigenvalue weighted by Gasteiger charge is -1.99. The van der Waals surface area contributed by atoms with E-state index >= 15 is 0 Å². The van der Waals surface area contributed by atoms with Crippen molar-refractivity contribution in [2.24, 2.45) is 0 Å². The highest BCUT2D eigenvalue weighted by molar-refractivity contribution is 7.13. The number of rotatable bonds is 8. The van der Waals surface area contributed by atoms with Crippen LogP contribution in [-0.2, 0) is 11.3 Å². The third-order valence-corrected chi connectivity index (χ3v) is 4.05. The molecule has 8 nitrogen and oxygen atoms in total. The fourth-order valence-electron chi connectivity index (χ4n) is 1.98. The molecule has 0 amide bonds. The number of carbonyl (C=O) groups is 1. The number of carbonyl (C=O) groups excluding carboxylic acids is 1. The minimum atomic E-state index is -0.558. The Morgan fingerprint density at radius 2 is 2.15 bits per heavy atom. The second-order valence-electron chi connectivity index (χ2n) is 5.02. The monoisotopic (exact) mass is 372 g/mol. The zero-order valence-electron chi connectivity index (χ0n) is 14.0. The molecule has 134 valence electrons. The molecule has 1 N–H and O–H groups in total. The SMILES string of the molecule is C=CCNc1nc(C(=O)OCc2nc(-c3ccc(OC)cc3)no2)cs1. The molecule has 1 aromatic carbocycles. The van der Waals surface area contributed by atoms with Gasteiger partial charge in [0.05, 0.1) is 7.11 Å². The van der Waals surface area contributed by atoms with E-state index in [1.807, 2.05) is 12.1 Å². The maximum Gasteiger partial charge on any atom is 0.358 e. The van der Waals surface area contributed by atoms with Gasteiger partial charge < -0.3 is 19.3 Å². The van der Waals surface area contributed by atoms with E-state index in [0.29, 0.717) is 17.5 Å². The van der Waals surface area contributed by atoms with Crippen molar-refractivity contribution in [3.8, 4) is 17.1 Å². The first-order valence-corrected chi connectivity index (χ1v) is 8.52. The molecule has 0 saturated carbocycles. The van der Waals surface area contributed by atoms with Crippen LogP contribution in [0.4, 0.5) is 5.13 Å². The Balaban J connectivity index is 1.57. The first-order valence-electron chi connectivity index (χ1n) is 7.64. The molecule has 0 aliphatic carbocycles. The van der Waals surface area contributed by atoms with Crippen LogP contribution in [0.3, 0.4) is 0 Å². The van der Waals surface area contributed by atoms with Crippen LogP contribution in [0, 0.1) is 0 Å². The molecule has 0 bridgehead atoms. The molecule has 2 aromatic heterocycles. The van der Waals surface area contributed by atoms with E-state index in [0.717, 1.165) is 11.3 Å². The Morgan fingerprint density at radius 3 is 2.88 bits per heavy atom. The molecule has 0 atom stereocenters. The topological polar surface area (TPSA) is 99.4 Å². The highest BCUT2D eigenvalue weighted by Gasteiger charge is 2.15. The van der Waals surface area contributed by atoms with Gasteiger partial charge in [-0.1, -0.05) is 11.2 Å². The molecular formula is C17H16N4O4S. The van der Waals surface area contributed by atoms with Crippen LogP contribution in [0.5, 0.6) is 5.75 Å². The molecule has 3 aromatic rings. The molecule has 26 heavy (non-hydrogen) atoms. The van der Waals surface area contributed by atoms with Crippen LogP contribution < -0.4 is 10.1 Å². The highest BCUT2D eigenvalue weighted by Crippen LogP contribution is 2.20. The van der Waals surface area contributed by atoms with Crippen LogP contribution in [-0.4, -0.2) is 34.7 Å². The van der Waals surface area contributed by atoms with Gasteiger partial charge in [0, 0.05) is 17.5 Å². The van der Waals surface area contributed by atoms with E-state index in [4.69, 9.17) is 14.0 Å². The van der Waals surface area contributed by atoms with Crippen molar-refractivity contribution in [1.82, 2.24) is 15.1 Å². The van der Waals surface area contributed by atoms with E-state index in [-0.39, 0.29) is 18.2 Å². The first-order chi connectivity index (χ1) is 12.7. The van der Waals surface area contributed by atoms with Gasteiger partial charge in [0.2, 0.25) is 5.82 Å². The second kappa shape index (κ2) is 8.26. The zero-order chi connectivity index (χ0) is 18.4. The van der Waals surface area contributed by atoms with E-state index < -0.39 is 5.97 Å². The summed E-state index contributed by atoms with van der Waals surface area (Å²) in [5, 5.41) is 9.12. The summed E-state index contributed by atoms with van der Waals surface area (Å²) in [7, 11) is 1.59. The molecule has 0 saturated heterocycles. The summed E-state index contributed by atoms with van der Waals surface area (Å²) < 4.78 is 15.4. The molecule has 0 fully saturated rings. The predicted octanol–water partition coefficient (Wildman–Crippen LogP) is 3.16. The third kappa shape index (κ3) is 4.25. The number of thiazole rings is 1. The minimum Gasteiger partial charge on any atom is -0.497 e. The van der Waals surface area contributed by atoms with Crippen LogP contribution in [0.15, 0.2) is 46.8 Å². The molecule has 0 aliphatic heterocycles. The lowest BCUT2D eigenvalue weighted by Crippen LogP contribution is -2.06. The van der Waals surface area contributed by atoms with Gasteiger partial charge in [-0.3, -0.25) is 0 Å². The lowest BCUT2D eigenvalue weighted by atomic mass is 10.2. The molecular weight excluding hydrogens is 356 g/mol. The van der Waals surface area contributed by atoms with Crippen molar-refractivity contribution < 1.29 is 18.8 Å². The van der Waals surface area contributed by atoms with E-state index in [1.165, 1.54) is 11.3 Å². The van der Waals surface area contributed by atoms with Crippen LogP contribution in [0.1, 0.15) is 16.4 Å². The summed E-state index contributed by atoms with van der Waals surface area (Å²) in [6, 6.07) is 7.22. The Kier molecular flexibility index (Phi) is 5.59. The fourth-order valence-corrected chi connectivity index (χ4v) is 2.67. The van der Waals surface area contributed by atoms with Crippen molar-refractivity contribution in [1.29, 1.82) is 0 Å². The van der Waals surface area contributed by atoms with Gasteiger partial charge in [0.15, 0.2) is 17.4 Å². The Morgan fingerprint density at radius 1 is 1.35 bits per heavy atom. The summed E-state index contributed by atoms with van der Waals surface area (Å²) in [6.45, 7) is 4.04. The van der Waals surface area contributed by atoms with Gasteiger partial charge in [-0.05, 0) is 24.3 Å². The van der Waals surface area contributed by atoms with Gasteiger partial charge in [0.1, 0.15) is 5.75 Å². The number of nitrogens with zero attached hydrogens (tertiary/aromatic N) is 3. The molecule has 0 radical (unpaired) electrons. The average Bonchev–Trinajstić information content (AvgIpc) is 3.34. The number of ether oxygens (including phenoxy) is 2. The number of anilines is 1. The zero-order valence-corrected chi connectivity index (χ0v) is 14.8. The average molecular weight is 372 g/mol. The summed E-state index contributed by atoms with van der Waals surface area (Å²) in [5.74, 6) is 0.779. The van der Waals surface area contributed by atoms with Crippen molar-refractivity contribution in [3.63, 3.8) is 0 Å². The molecule has 9 heteroatoms. The first kappa shape index (κ1) is 17.6.